The molecule has 0 aliphatic heterocycles. The molecule has 3 N–H and O–H groups in total. The Morgan fingerprint density at radius 2 is 2.15 bits per heavy atom. The van der Waals surface area contributed by atoms with Gasteiger partial charge in [0.1, 0.15) is 4.88 Å². The van der Waals surface area contributed by atoms with Crippen LogP contribution in [0.4, 0.5) is 5.69 Å². The minimum atomic E-state index is -0.0629. The highest BCUT2D eigenvalue weighted by Gasteiger charge is 2.17. The zero-order chi connectivity index (χ0) is 14.5. The quantitative estimate of drug-likeness (QED) is 0.747. The molecule has 1 amide bonds. The molecule has 0 radical (unpaired) electrons. The van der Waals surface area contributed by atoms with Crippen LogP contribution in [0.3, 0.4) is 0 Å². The van der Waals surface area contributed by atoms with E-state index in [2.05, 4.69) is 28.2 Å². The summed E-state index contributed by atoms with van der Waals surface area (Å²) >= 11 is 4.93. The lowest BCUT2D eigenvalue weighted by molar-refractivity contribution is 0.0958. The zero-order valence-corrected chi connectivity index (χ0v) is 13.9. The van der Waals surface area contributed by atoms with E-state index in [9.17, 15) is 4.79 Å². The van der Waals surface area contributed by atoms with Gasteiger partial charge in [0.2, 0.25) is 0 Å². The number of nitrogens with two attached hydrogens (primary N) is 1. The van der Waals surface area contributed by atoms with Crippen molar-refractivity contribution in [1.29, 1.82) is 0 Å². The number of anilines is 1. The number of thiophene rings is 1. The first-order valence-corrected chi connectivity index (χ1v) is 8.50. The van der Waals surface area contributed by atoms with E-state index in [1.807, 2.05) is 18.2 Å². The first-order valence-electron chi connectivity index (χ1n) is 6.89. The number of benzene rings is 1. The normalized spacial score (nSPS) is 10.9. The summed E-state index contributed by atoms with van der Waals surface area (Å²) in [5.41, 5.74) is 6.68. The maximum atomic E-state index is 12.2. The van der Waals surface area contributed by atoms with Crippen molar-refractivity contribution in [1.82, 2.24) is 5.32 Å². The highest BCUT2D eigenvalue weighted by molar-refractivity contribution is 9.10. The topological polar surface area (TPSA) is 55.1 Å². The molecule has 0 bridgehead atoms. The van der Waals surface area contributed by atoms with Gasteiger partial charge in [-0.25, -0.2) is 0 Å². The lowest BCUT2D eigenvalue weighted by atomic mass is 10.2. The average Bonchev–Trinajstić information content (AvgIpc) is 2.77. The second kappa shape index (κ2) is 7.09. The van der Waals surface area contributed by atoms with Gasteiger partial charge in [-0.1, -0.05) is 48.2 Å². The Hall–Kier alpha value is -1.07. The Labute approximate surface area is 131 Å². The third kappa shape index (κ3) is 3.33. The van der Waals surface area contributed by atoms with Crippen LogP contribution >= 0.6 is 27.3 Å². The number of carbonyl (C=O) groups is 1. The second-order valence-corrected chi connectivity index (χ2v) is 6.68. The highest BCUT2D eigenvalue weighted by Crippen LogP contribution is 2.37. The van der Waals surface area contributed by atoms with E-state index in [1.54, 1.807) is 0 Å². The fourth-order valence-corrected chi connectivity index (χ4v) is 3.91. The number of unbranched alkanes of at least 4 members (excludes halogenated alkanes) is 3. The number of hydrogen-bond donors (Lipinski definition) is 2. The number of nitrogen functional groups attached to an aromatic ring is 1. The Morgan fingerprint density at radius 3 is 2.85 bits per heavy atom. The van der Waals surface area contributed by atoms with Crippen LogP contribution in [0.25, 0.3) is 10.1 Å². The van der Waals surface area contributed by atoms with Crippen molar-refractivity contribution >= 4 is 48.9 Å². The predicted octanol–water partition coefficient (Wildman–Crippen LogP) is 4.56. The van der Waals surface area contributed by atoms with Crippen molar-refractivity contribution in [2.45, 2.75) is 32.6 Å². The SMILES string of the molecule is CCCCCCNC(=O)c1sc2cccc(Br)c2c1N. The molecule has 0 saturated carbocycles. The van der Waals surface area contributed by atoms with Gasteiger partial charge < -0.3 is 11.1 Å². The van der Waals surface area contributed by atoms with Gasteiger partial charge in [0.05, 0.1) is 5.69 Å². The molecule has 2 rings (SSSR count). The molecule has 0 spiro atoms. The van der Waals surface area contributed by atoms with Gasteiger partial charge in [-0.15, -0.1) is 11.3 Å². The molecule has 3 nitrogen and oxygen atoms in total. The van der Waals surface area contributed by atoms with E-state index in [-0.39, 0.29) is 5.91 Å². The number of fused-ring (bicyclic) bond motifs is 1. The Kier molecular flexibility index (Phi) is 5.43. The first kappa shape index (κ1) is 15.3. The smallest absolute Gasteiger partial charge is 0.263 e. The van der Waals surface area contributed by atoms with E-state index < -0.39 is 0 Å². The molecule has 108 valence electrons. The summed E-state index contributed by atoms with van der Waals surface area (Å²) in [5.74, 6) is -0.0629. The molecule has 0 aliphatic rings. The van der Waals surface area contributed by atoms with Crippen LogP contribution in [0.15, 0.2) is 22.7 Å². The number of amides is 1. The maximum absolute atomic E-state index is 12.2. The van der Waals surface area contributed by atoms with E-state index in [0.717, 1.165) is 27.4 Å². The molecule has 5 heteroatoms. The zero-order valence-electron chi connectivity index (χ0n) is 11.5. The minimum Gasteiger partial charge on any atom is -0.397 e. The van der Waals surface area contributed by atoms with Crippen LogP contribution in [0, 0.1) is 0 Å². The largest absolute Gasteiger partial charge is 0.397 e. The van der Waals surface area contributed by atoms with E-state index in [0.29, 0.717) is 17.1 Å². The van der Waals surface area contributed by atoms with E-state index in [4.69, 9.17) is 5.73 Å². The molecule has 0 unspecified atom stereocenters. The molecular weight excluding hydrogens is 336 g/mol. The molecule has 1 aromatic heterocycles. The van der Waals surface area contributed by atoms with Gasteiger partial charge in [0, 0.05) is 21.1 Å². The first-order chi connectivity index (χ1) is 9.65. The molecule has 0 saturated heterocycles. The fourth-order valence-electron chi connectivity index (χ4n) is 2.13. The summed E-state index contributed by atoms with van der Waals surface area (Å²) in [4.78, 5) is 12.8. The van der Waals surface area contributed by atoms with Crippen molar-refractivity contribution in [2.75, 3.05) is 12.3 Å². The molecule has 0 aliphatic carbocycles. The van der Waals surface area contributed by atoms with Crippen LogP contribution in [-0.2, 0) is 0 Å². The maximum Gasteiger partial charge on any atom is 0.263 e. The number of halogens is 1. The van der Waals surface area contributed by atoms with Crippen molar-refractivity contribution in [3.8, 4) is 0 Å². The van der Waals surface area contributed by atoms with E-state index >= 15 is 0 Å². The van der Waals surface area contributed by atoms with Crippen LogP contribution < -0.4 is 11.1 Å². The van der Waals surface area contributed by atoms with Crippen molar-refractivity contribution < 1.29 is 4.79 Å². The average molecular weight is 355 g/mol. The molecule has 1 heterocycles. The summed E-state index contributed by atoms with van der Waals surface area (Å²) in [6.45, 7) is 2.89. The Morgan fingerprint density at radius 1 is 1.35 bits per heavy atom. The molecule has 0 atom stereocenters. The van der Waals surface area contributed by atoms with Crippen LogP contribution in [0.1, 0.15) is 42.3 Å². The van der Waals surface area contributed by atoms with Crippen LogP contribution in [0.5, 0.6) is 0 Å². The molecule has 0 fully saturated rings. The van der Waals surface area contributed by atoms with Gasteiger partial charge in [0.25, 0.3) is 5.91 Å². The third-order valence-corrected chi connectivity index (χ3v) is 5.05. The van der Waals surface area contributed by atoms with Crippen LogP contribution in [-0.4, -0.2) is 12.5 Å². The minimum absolute atomic E-state index is 0.0629. The fraction of sp³-hybridized carbons (Fsp3) is 0.400. The molecule has 1 aromatic carbocycles. The van der Waals surface area contributed by atoms with Crippen LogP contribution in [0.2, 0.25) is 0 Å². The van der Waals surface area contributed by atoms with Crippen molar-refractivity contribution in [3.05, 3.63) is 27.5 Å². The van der Waals surface area contributed by atoms with Crippen molar-refractivity contribution in [3.63, 3.8) is 0 Å². The number of carbonyl (C=O) groups excluding carboxylic acids is 1. The Balaban J connectivity index is 2.07. The molecule has 20 heavy (non-hydrogen) atoms. The summed E-state index contributed by atoms with van der Waals surface area (Å²) in [6.07, 6.45) is 4.59. The number of nitrogens with one attached hydrogen (secondary N) is 1. The van der Waals surface area contributed by atoms with E-state index in [1.165, 1.54) is 24.2 Å². The Bertz CT molecular complexity index is 609. The van der Waals surface area contributed by atoms with Crippen molar-refractivity contribution in [2.24, 2.45) is 0 Å². The molecular formula is C15H19BrN2OS. The van der Waals surface area contributed by atoms with Gasteiger partial charge in [-0.2, -0.15) is 0 Å². The summed E-state index contributed by atoms with van der Waals surface area (Å²) in [6, 6.07) is 5.88. The summed E-state index contributed by atoms with van der Waals surface area (Å²) in [7, 11) is 0. The summed E-state index contributed by atoms with van der Waals surface area (Å²) in [5, 5.41) is 3.89. The van der Waals surface area contributed by atoms with Gasteiger partial charge in [0.15, 0.2) is 0 Å². The molecule has 2 aromatic rings. The second-order valence-electron chi connectivity index (χ2n) is 4.77. The third-order valence-electron chi connectivity index (χ3n) is 3.22. The summed E-state index contributed by atoms with van der Waals surface area (Å²) < 4.78 is 1.97. The lowest BCUT2D eigenvalue weighted by Crippen LogP contribution is -2.24. The number of rotatable bonds is 6. The highest BCUT2D eigenvalue weighted by atomic mass is 79.9. The monoisotopic (exact) mass is 354 g/mol. The number of hydrogen-bond acceptors (Lipinski definition) is 3. The van der Waals surface area contributed by atoms with Gasteiger partial charge >= 0.3 is 0 Å². The predicted molar refractivity (Wildman–Crippen MR) is 90.4 cm³/mol. The van der Waals surface area contributed by atoms with Gasteiger partial charge in [-0.05, 0) is 18.6 Å². The lowest BCUT2D eigenvalue weighted by Gasteiger charge is -2.04. The standard InChI is InChI=1S/C15H19BrN2OS/c1-2-3-4-5-9-18-15(19)14-13(17)12-10(16)7-6-8-11(12)20-14/h6-8H,2-5,9,17H2,1H3,(H,18,19). The van der Waals surface area contributed by atoms with Gasteiger partial charge in [-0.3, -0.25) is 4.79 Å².